The summed E-state index contributed by atoms with van der Waals surface area (Å²) in [7, 11) is 0. The summed E-state index contributed by atoms with van der Waals surface area (Å²) in [5, 5.41) is 0. The normalized spacial score (nSPS) is 13.7. The molecule has 0 unspecified atom stereocenters. The summed E-state index contributed by atoms with van der Waals surface area (Å²) in [5.41, 5.74) is 14.0. The van der Waals surface area contributed by atoms with Gasteiger partial charge < -0.3 is 0 Å². The first-order chi connectivity index (χ1) is 15.4. The summed E-state index contributed by atoms with van der Waals surface area (Å²) in [4.78, 5) is 0. The maximum Gasteiger partial charge on any atom is -0.00102 e. The van der Waals surface area contributed by atoms with Crippen LogP contribution in [0.25, 0.3) is 33.4 Å². The van der Waals surface area contributed by atoms with Crippen molar-refractivity contribution in [3.63, 3.8) is 0 Å². The molecule has 0 radical (unpaired) electrons. The van der Waals surface area contributed by atoms with Crippen LogP contribution in [0.15, 0.2) is 115 Å². The summed E-state index contributed by atoms with van der Waals surface area (Å²) >= 11 is 0. The smallest absolute Gasteiger partial charge is 0.00102 e. The molecule has 0 aromatic heterocycles. The highest BCUT2D eigenvalue weighted by Gasteiger charge is 2.24. The third-order valence-corrected chi connectivity index (χ3v) is 6.64. The topological polar surface area (TPSA) is 0 Å². The van der Waals surface area contributed by atoms with Crippen molar-refractivity contribution in [2.75, 3.05) is 0 Å². The predicted octanol–water partition coefficient (Wildman–Crippen LogP) is 8.02. The molecule has 0 N–H and O–H groups in total. The molecule has 0 bridgehead atoms. The van der Waals surface area contributed by atoms with Gasteiger partial charge in [-0.25, -0.2) is 0 Å². The lowest BCUT2D eigenvalue weighted by atomic mass is 9.88. The van der Waals surface area contributed by atoms with Crippen LogP contribution < -0.4 is 0 Å². The van der Waals surface area contributed by atoms with E-state index in [-0.39, 0.29) is 0 Å². The largest absolute Gasteiger partial charge is 0.0804 e. The molecular weight excluding hydrogens is 372 g/mol. The fourth-order valence-corrected chi connectivity index (χ4v) is 5.09. The molecule has 0 amide bonds. The molecule has 0 saturated heterocycles. The Bertz CT molecular complexity index is 1320. The first-order valence-electron chi connectivity index (χ1n) is 11.1. The van der Waals surface area contributed by atoms with E-state index in [1.54, 1.807) is 0 Å². The average molecular weight is 397 g/mol. The van der Waals surface area contributed by atoms with Crippen LogP contribution in [0.4, 0.5) is 0 Å². The third kappa shape index (κ3) is 3.25. The Morgan fingerprint density at radius 2 is 1.32 bits per heavy atom. The zero-order chi connectivity index (χ0) is 20.6. The van der Waals surface area contributed by atoms with Crippen molar-refractivity contribution in [2.24, 2.45) is 0 Å². The fourth-order valence-electron chi connectivity index (χ4n) is 5.09. The second-order valence-electron chi connectivity index (χ2n) is 8.53. The SMILES string of the molecule is C1=CCC(Cc2c(-c3ccccc3)ccc3c2Cc2cc(-c4ccccc4)ccc2-3)=C1. The van der Waals surface area contributed by atoms with E-state index in [1.807, 2.05) is 0 Å². The minimum atomic E-state index is 1.02. The van der Waals surface area contributed by atoms with E-state index in [0.29, 0.717) is 0 Å². The molecule has 0 atom stereocenters. The monoisotopic (exact) mass is 396 g/mol. The summed E-state index contributed by atoms with van der Waals surface area (Å²) in [6.45, 7) is 0. The molecule has 0 heterocycles. The van der Waals surface area contributed by atoms with Gasteiger partial charge in [-0.15, -0.1) is 0 Å². The van der Waals surface area contributed by atoms with E-state index in [0.717, 1.165) is 19.3 Å². The van der Waals surface area contributed by atoms with Gasteiger partial charge in [-0.2, -0.15) is 0 Å². The Balaban J connectivity index is 1.47. The van der Waals surface area contributed by atoms with Crippen molar-refractivity contribution in [2.45, 2.75) is 19.3 Å². The molecule has 31 heavy (non-hydrogen) atoms. The maximum atomic E-state index is 2.40. The van der Waals surface area contributed by atoms with Crippen LogP contribution in [-0.4, -0.2) is 0 Å². The van der Waals surface area contributed by atoms with Crippen LogP contribution in [0.5, 0.6) is 0 Å². The van der Waals surface area contributed by atoms with Crippen molar-refractivity contribution in [3.05, 3.63) is 131 Å². The van der Waals surface area contributed by atoms with Crippen molar-refractivity contribution >= 4 is 0 Å². The van der Waals surface area contributed by atoms with Crippen LogP contribution in [0.1, 0.15) is 23.1 Å². The molecule has 0 nitrogen and oxygen atoms in total. The van der Waals surface area contributed by atoms with Crippen molar-refractivity contribution in [1.29, 1.82) is 0 Å². The molecule has 2 aliphatic rings. The second kappa shape index (κ2) is 7.56. The molecular formula is C31H24. The first-order valence-corrected chi connectivity index (χ1v) is 11.1. The van der Waals surface area contributed by atoms with E-state index in [1.165, 1.54) is 55.6 Å². The molecule has 0 heteroatoms. The highest BCUT2D eigenvalue weighted by Crippen LogP contribution is 2.44. The van der Waals surface area contributed by atoms with Crippen LogP contribution in [0.2, 0.25) is 0 Å². The number of hydrogen-bond acceptors (Lipinski definition) is 0. The quantitative estimate of drug-likeness (QED) is 0.288. The van der Waals surface area contributed by atoms with Gasteiger partial charge >= 0.3 is 0 Å². The zero-order valence-electron chi connectivity index (χ0n) is 17.5. The van der Waals surface area contributed by atoms with Gasteiger partial charge in [0.05, 0.1) is 0 Å². The van der Waals surface area contributed by atoms with Gasteiger partial charge in [0.2, 0.25) is 0 Å². The fraction of sp³-hybridized carbons (Fsp3) is 0.0968. The maximum absolute atomic E-state index is 2.40. The Morgan fingerprint density at radius 1 is 0.613 bits per heavy atom. The van der Waals surface area contributed by atoms with Crippen LogP contribution >= 0.6 is 0 Å². The molecule has 2 aliphatic carbocycles. The van der Waals surface area contributed by atoms with Crippen LogP contribution in [-0.2, 0) is 12.8 Å². The first kappa shape index (κ1) is 18.2. The summed E-state index contributed by atoms with van der Waals surface area (Å²) in [6, 6.07) is 33.2. The predicted molar refractivity (Wildman–Crippen MR) is 131 cm³/mol. The summed E-state index contributed by atoms with van der Waals surface area (Å²) < 4.78 is 0. The van der Waals surface area contributed by atoms with Gasteiger partial charge in [-0.1, -0.05) is 115 Å². The summed E-state index contributed by atoms with van der Waals surface area (Å²) in [6.07, 6.45) is 9.87. The molecule has 4 aromatic carbocycles. The van der Waals surface area contributed by atoms with Crippen LogP contribution in [0, 0.1) is 0 Å². The molecule has 0 aliphatic heterocycles. The van der Waals surface area contributed by atoms with Gasteiger partial charge in [0.15, 0.2) is 0 Å². The molecule has 6 rings (SSSR count). The van der Waals surface area contributed by atoms with E-state index in [4.69, 9.17) is 0 Å². The zero-order valence-corrected chi connectivity index (χ0v) is 17.5. The number of hydrogen-bond donors (Lipinski definition) is 0. The van der Waals surface area contributed by atoms with E-state index in [9.17, 15) is 0 Å². The van der Waals surface area contributed by atoms with Gasteiger partial charge in [0.1, 0.15) is 0 Å². The molecule has 0 spiro atoms. The van der Waals surface area contributed by atoms with E-state index in [2.05, 4.69) is 109 Å². The Labute approximate surface area is 184 Å². The number of fused-ring (bicyclic) bond motifs is 3. The van der Waals surface area contributed by atoms with E-state index < -0.39 is 0 Å². The van der Waals surface area contributed by atoms with Crippen molar-refractivity contribution in [1.82, 2.24) is 0 Å². The third-order valence-electron chi connectivity index (χ3n) is 6.64. The lowest BCUT2D eigenvalue weighted by molar-refractivity contribution is 1.06. The highest BCUT2D eigenvalue weighted by molar-refractivity contribution is 5.85. The summed E-state index contributed by atoms with van der Waals surface area (Å²) in [5.74, 6) is 0. The lowest BCUT2D eigenvalue weighted by Gasteiger charge is -2.16. The number of allylic oxidation sites excluding steroid dienone is 4. The molecule has 4 aromatic rings. The molecule has 148 valence electrons. The van der Waals surface area contributed by atoms with Gasteiger partial charge in [0.25, 0.3) is 0 Å². The van der Waals surface area contributed by atoms with Crippen molar-refractivity contribution < 1.29 is 0 Å². The van der Waals surface area contributed by atoms with E-state index >= 15 is 0 Å². The minimum Gasteiger partial charge on any atom is -0.0804 e. The number of rotatable bonds is 4. The van der Waals surface area contributed by atoms with Crippen LogP contribution in [0.3, 0.4) is 0 Å². The van der Waals surface area contributed by atoms with Gasteiger partial charge in [-0.05, 0) is 69.3 Å². The molecule has 0 saturated carbocycles. The standard InChI is InChI=1S/C31H24/c1-3-11-23(12-4-1)25-15-16-28-26(20-25)21-31-29(28)18-17-27(24-13-5-2-6-14-24)30(31)19-22-9-7-8-10-22/h1-9,11-18,20H,10,19,21H2. The van der Waals surface area contributed by atoms with Gasteiger partial charge in [-0.3, -0.25) is 0 Å². The Morgan fingerprint density at radius 3 is 2.06 bits per heavy atom. The minimum absolute atomic E-state index is 1.02. The Kier molecular flexibility index (Phi) is 4.43. The molecule has 0 fully saturated rings. The highest BCUT2D eigenvalue weighted by atomic mass is 14.3. The van der Waals surface area contributed by atoms with Gasteiger partial charge in [0, 0.05) is 0 Å². The van der Waals surface area contributed by atoms with Crippen molar-refractivity contribution in [3.8, 4) is 33.4 Å². The Hall–Kier alpha value is -3.64. The lowest BCUT2D eigenvalue weighted by Crippen LogP contribution is -1.99. The second-order valence-corrected chi connectivity index (χ2v) is 8.53. The number of benzene rings is 4. The average Bonchev–Trinajstić information content (AvgIpc) is 3.48.